The van der Waals surface area contributed by atoms with Crippen molar-refractivity contribution >= 4 is 11.6 Å². The van der Waals surface area contributed by atoms with E-state index >= 15 is 0 Å². The van der Waals surface area contributed by atoms with E-state index in [1.54, 1.807) is 24.5 Å². The van der Waals surface area contributed by atoms with Crippen LogP contribution in [0, 0.1) is 0 Å². The molecule has 0 spiro atoms. The number of piperidine rings is 1. The number of carbonyl (C=O) groups excluding carboxylic acids is 1. The third-order valence-corrected chi connectivity index (χ3v) is 4.51. The first-order chi connectivity index (χ1) is 11.3. The van der Waals surface area contributed by atoms with Gasteiger partial charge in [-0.05, 0) is 37.1 Å². The maximum absolute atomic E-state index is 12.7. The molecule has 1 aliphatic heterocycles. The lowest BCUT2D eigenvalue weighted by atomic mass is 9.93. The van der Waals surface area contributed by atoms with E-state index in [0.29, 0.717) is 11.5 Å². The Morgan fingerprint density at radius 1 is 1.13 bits per heavy atom. The number of hydrogen-bond acceptors (Lipinski definition) is 3. The van der Waals surface area contributed by atoms with Crippen LogP contribution < -0.4 is 0 Å². The van der Waals surface area contributed by atoms with Gasteiger partial charge in [-0.25, -0.2) is 4.98 Å². The van der Waals surface area contributed by atoms with Crippen LogP contribution in [0.25, 0.3) is 5.65 Å². The van der Waals surface area contributed by atoms with Crippen molar-refractivity contribution in [2.75, 3.05) is 13.1 Å². The van der Waals surface area contributed by atoms with Gasteiger partial charge in [0.1, 0.15) is 5.65 Å². The van der Waals surface area contributed by atoms with Crippen LogP contribution in [-0.2, 0) is 0 Å². The zero-order valence-electron chi connectivity index (χ0n) is 12.8. The molecule has 1 aliphatic rings. The van der Waals surface area contributed by atoms with Gasteiger partial charge in [0.25, 0.3) is 5.91 Å². The molecule has 1 saturated heterocycles. The van der Waals surface area contributed by atoms with Gasteiger partial charge in [0.2, 0.25) is 0 Å². The summed E-state index contributed by atoms with van der Waals surface area (Å²) in [5, 5.41) is 0. The first-order valence-electron chi connectivity index (χ1n) is 7.94. The molecule has 0 bridgehead atoms. The van der Waals surface area contributed by atoms with Crippen LogP contribution in [0.2, 0.25) is 0 Å². The molecule has 0 saturated carbocycles. The molecular formula is C18H18N4O. The predicted octanol–water partition coefficient (Wildman–Crippen LogP) is 2.75. The van der Waals surface area contributed by atoms with Crippen LogP contribution in [0.3, 0.4) is 0 Å². The lowest BCUT2D eigenvalue weighted by Gasteiger charge is -2.33. The van der Waals surface area contributed by atoms with E-state index < -0.39 is 0 Å². The van der Waals surface area contributed by atoms with E-state index in [0.717, 1.165) is 31.6 Å². The topological polar surface area (TPSA) is 50.5 Å². The van der Waals surface area contributed by atoms with Gasteiger partial charge in [0, 0.05) is 55.1 Å². The number of aromatic nitrogens is 3. The van der Waals surface area contributed by atoms with Crippen molar-refractivity contribution in [1.82, 2.24) is 19.3 Å². The Morgan fingerprint density at radius 3 is 2.87 bits per heavy atom. The van der Waals surface area contributed by atoms with Gasteiger partial charge < -0.3 is 9.30 Å². The second kappa shape index (κ2) is 5.83. The average Bonchev–Trinajstić information content (AvgIpc) is 3.10. The van der Waals surface area contributed by atoms with Crippen LogP contribution >= 0.6 is 0 Å². The number of nitrogens with zero attached hydrogens (tertiary/aromatic N) is 4. The summed E-state index contributed by atoms with van der Waals surface area (Å²) in [6.07, 6.45) is 9.27. The number of hydrogen-bond donors (Lipinski definition) is 0. The molecule has 0 unspecified atom stereocenters. The van der Waals surface area contributed by atoms with Crippen LogP contribution in [-0.4, -0.2) is 38.3 Å². The Balaban J connectivity index is 1.60. The Labute approximate surface area is 134 Å². The van der Waals surface area contributed by atoms with Crippen molar-refractivity contribution < 1.29 is 4.79 Å². The summed E-state index contributed by atoms with van der Waals surface area (Å²) < 4.78 is 2.13. The number of pyridine rings is 2. The summed E-state index contributed by atoms with van der Waals surface area (Å²) in [5.41, 5.74) is 2.90. The average molecular weight is 306 g/mol. The van der Waals surface area contributed by atoms with Crippen molar-refractivity contribution in [3.8, 4) is 0 Å². The molecule has 0 aliphatic carbocycles. The molecule has 0 radical (unpaired) electrons. The quantitative estimate of drug-likeness (QED) is 0.731. The van der Waals surface area contributed by atoms with Gasteiger partial charge in [-0.1, -0.05) is 6.07 Å². The number of likely N-dealkylation sites (tertiary alicyclic amines) is 1. The van der Waals surface area contributed by atoms with Crippen LogP contribution in [0.4, 0.5) is 0 Å². The number of imidazole rings is 1. The predicted molar refractivity (Wildman–Crippen MR) is 87.3 cm³/mol. The molecule has 1 atom stereocenters. The highest BCUT2D eigenvalue weighted by molar-refractivity contribution is 5.94. The van der Waals surface area contributed by atoms with Gasteiger partial charge in [0.05, 0.1) is 0 Å². The minimum Gasteiger partial charge on any atom is -0.338 e. The van der Waals surface area contributed by atoms with Gasteiger partial charge in [-0.2, -0.15) is 0 Å². The maximum atomic E-state index is 12.7. The van der Waals surface area contributed by atoms with Crippen molar-refractivity contribution in [2.45, 2.75) is 18.8 Å². The highest BCUT2D eigenvalue weighted by Gasteiger charge is 2.26. The first-order valence-corrected chi connectivity index (χ1v) is 7.94. The fourth-order valence-electron chi connectivity index (χ4n) is 3.38. The zero-order valence-corrected chi connectivity index (χ0v) is 12.8. The Hall–Kier alpha value is -2.69. The summed E-state index contributed by atoms with van der Waals surface area (Å²) in [4.78, 5) is 23.0. The van der Waals surface area contributed by atoms with Crippen molar-refractivity contribution in [3.63, 3.8) is 0 Å². The highest BCUT2D eigenvalue weighted by Crippen LogP contribution is 2.28. The smallest absolute Gasteiger partial charge is 0.253 e. The molecule has 5 nitrogen and oxygen atoms in total. The monoisotopic (exact) mass is 306 g/mol. The zero-order chi connectivity index (χ0) is 15.6. The molecule has 1 fully saturated rings. The Kier molecular flexibility index (Phi) is 3.54. The van der Waals surface area contributed by atoms with Crippen LogP contribution in [0.1, 0.15) is 34.8 Å². The van der Waals surface area contributed by atoms with E-state index in [2.05, 4.69) is 20.4 Å². The SMILES string of the molecule is O=C(c1ccncc1)N1CCC[C@H](c2cccc3nccn23)C1. The van der Waals surface area contributed by atoms with Crippen molar-refractivity contribution in [3.05, 3.63) is 66.4 Å². The van der Waals surface area contributed by atoms with E-state index in [-0.39, 0.29) is 5.91 Å². The molecule has 4 rings (SSSR count). The molecule has 4 heterocycles. The Bertz CT molecular complexity index is 827. The molecule has 116 valence electrons. The molecule has 0 aromatic carbocycles. The van der Waals surface area contributed by atoms with E-state index in [4.69, 9.17) is 0 Å². The van der Waals surface area contributed by atoms with Crippen molar-refractivity contribution in [1.29, 1.82) is 0 Å². The third-order valence-electron chi connectivity index (χ3n) is 4.51. The highest BCUT2D eigenvalue weighted by atomic mass is 16.2. The second-order valence-corrected chi connectivity index (χ2v) is 5.93. The maximum Gasteiger partial charge on any atom is 0.253 e. The van der Waals surface area contributed by atoms with Gasteiger partial charge in [0.15, 0.2) is 0 Å². The molecule has 0 N–H and O–H groups in total. The molecule has 1 amide bonds. The first kappa shape index (κ1) is 13.9. The van der Waals surface area contributed by atoms with Crippen molar-refractivity contribution in [2.24, 2.45) is 0 Å². The molecule has 23 heavy (non-hydrogen) atoms. The summed E-state index contributed by atoms with van der Waals surface area (Å²) in [5.74, 6) is 0.433. The fourth-order valence-corrected chi connectivity index (χ4v) is 3.38. The van der Waals surface area contributed by atoms with E-state index in [1.165, 1.54) is 5.69 Å². The minimum absolute atomic E-state index is 0.0925. The van der Waals surface area contributed by atoms with Gasteiger partial charge >= 0.3 is 0 Å². The van der Waals surface area contributed by atoms with Gasteiger partial charge in [-0.3, -0.25) is 9.78 Å². The largest absolute Gasteiger partial charge is 0.338 e. The number of amides is 1. The number of fused-ring (bicyclic) bond motifs is 1. The molecular weight excluding hydrogens is 288 g/mol. The minimum atomic E-state index is 0.0925. The summed E-state index contributed by atoms with van der Waals surface area (Å²) in [7, 11) is 0. The summed E-state index contributed by atoms with van der Waals surface area (Å²) in [6.45, 7) is 1.57. The lowest BCUT2D eigenvalue weighted by molar-refractivity contribution is 0.0705. The number of carbonyl (C=O) groups is 1. The normalized spacial score (nSPS) is 18.3. The van der Waals surface area contributed by atoms with Crippen LogP contribution in [0.5, 0.6) is 0 Å². The molecule has 5 heteroatoms. The summed E-state index contributed by atoms with van der Waals surface area (Å²) in [6, 6.07) is 9.75. The standard InChI is InChI=1S/C18H18N4O/c23-18(14-6-8-19-9-7-14)21-11-2-3-15(13-21)16-4-1-5-17-20-10-12-22(16)17/h1,4-10,12,15H,2-3,11,13H2/t15-/m0/s1. The molecule has 3 aromatic heterocycles. The molecule has 3 aromatic rings. The third kappa shape index (κ3) is 2.59. The van der Waals surface area contributed by atoms with E-state index in [9.17, 15) is 4.79 Å². The second-order valence-electron chi connectivity index (χ2n) is 5.93. The van der Waals surface area contributed by atoms with Crippen LogP contribution in [0.15, 0.2) is 55.1 Å². The Morgan fingerprint density at radius 2 is 2.00 bits per heavy atom. The van der Waals surface area contributed by atoms with Gasteiger partial charge in [-0.15, -0.1) is 0 Å². The number of rotatable bonds is 2. The van der Waals surface area contributed by atoms with E-state index in [1.807, 2.05) is 29.4 Å². The fraction of sp³-hybridized carbons (Fsp3) is 0.278. The summed E-state index contributed by atoms with van der Waals surface area (Å²) >= 11 is 0. The lowest BCUT2D eigenvalue weighted by Crippen LogP contribution is -2.39.